The van der Waals surface area contributed by atoms with Crippen LogP contribution in [0.1, 0.15) is 40.5 Å². The van der Waals surface area contributed by atoms with E-state index in [2.05, 4.69) is 19.0 Å². The van der Waals surface area contributed by atoms with Crippen LogP contribution >= 0.6 is 0 Å². The third-order valence-corrected chi connectivity index (χ3v) is 3.58. The topological polar surface area (TPSA) is 78.9 Å². The van der Waals surface area contributed by atoms with Gasteiger partial charge in [-0.2, -0.15) is 0 Å². The van der Waals surface area contributed by atoms with E-state index in [1.54, 1.807) is 0 Å². The van der Waals surface area contributed by atoms with E-state index in [1.807, 2.05) is 18.7 Å². The van der Waals surface area contributed by atoms with E-state index < -0.39 is 5.92 Å². The highest BCUT2D eigenvalue weighted by molar-refractivity contribution is 6.02. The predicted octanol–water partition coefficient (Wildman–Crippen LogP) is 1.65. The van der Waals surface area contributed by atoms with Crippen LogP contribution in [0.15, 0.2) is 5.16 Å². The van der Waals surface area contributed by atoms with Gasteiger partial charge in [-0.05, 0) is 24.2 Å². The molecule has 1 atom stereocenters. The molecule has 1 aliphatic heterocycles. The van der Waals surface area contributed by atoms with Crippen LogP contribution in [0.2, 0.25) is 0 Å². The van der Waals surface area contributed by atoms with Crippen LogP contribution < -0.4 is 5.73 Å². The number of rotatable bonds is 3. The molecule has 1 saturated heterocycles. The highest BCUT2D eigenvalue weighted by Gasteiger charge is 2.35. The lowest BCUT2D eigenvalue weighted by Gasteiger charge is -2.39. The molecule has 1 amide bonds. The maximum atomic E-state index is 12.5. The molecule has 1 rings (SSSR count). The van der Waals surface area contributed by atoms with Gasteiger partial charge < -0.3 is 15.8 Å². The Morgan fingerprint density at radius 3 is 2.50 bits per heavy atom. The normalized spacial score (nSPS) is 22.1. The van der Waals surface area contributed by atoms with Crippen molar-refractivity contribution in [1.82, 2.24) is 4.90 Å². The molecule has 1 fully saturated rings. The molecular formula is C13H25N3O2. The minimum absolute atomic E-state index is 0.0124. The first-order chi connectivity index (χ1) is 8.28. The summed E-state index contributed by atoms with van der Waals surface area (Å²) >= 11 is 0. The van der Waals surface area contributed by atoms with Gasteiger partial charge in [-0.3, -0.25) is 4.79 Å². The second-order valence-corrected chi connectivity index (χ2v) is 6.27. The summed E-state index contributed by atoms with van der Waals surface area (Å²) in [5.41, 5.74) is 5.80. The summed E-state index contributed by atoms with van der Waals surface area (Å²) in [6.45, 7) is 9.67. The quantitative estimate of drug-likeness (QED) is 0.348. The molecule has 0 aliphatic carbocycles. The molecule has 0 aromatic carbocycles. The standard InChI is InChI=1S/C13H25N3O2/c1-9(2)10(11(14)15-18)12(17)16-7-5-6-13(3,4)8-16/h9-10,18H,5-8H2,1-4H3,(H2,14,15). The van der Waals surface area contributed by atoms with E-state index >= 15 is 0 Å². The van der Waals surface area contributed by atoms with Crippen molar-refractivity contribution in [3.8, 4) is 0 Å². The number of amidine groups is 1. The Bertz CT molecular complexity index is 337. The Labute approximate surface area is 109 Å². The van der Waals surface area contributed by atoms with Crippen molar-refractivity contribution in [2.45, 2.75) is 40.5 Å². The molecule has 0 bridgehead atoms. The van der Waals surface area contributed by atoms with E-state index in [1.165, 1.54) is 0 Å². The molecule has 0 radical (unpaired) electrons. The van der Waals surface area contributed by atoms with Crippen molar-refractivity contribution in [1.29, 1.82) is 0 Å². The number of piperidine rings is 1. The van der Waals surface area contributed by atoms with Gasteiger partial charge in [-0.1, -0.05) is 32.9 Å². The molecule has 0 aromatic rings. The fourth-order valence-corrected chi connectivity index (χ4v) is 2.62. The third-order valence-electron chi connectivity index (χ3n) is 3.58. The molecule has 1 heterocycles. The summed E-state index contributed by atoms with van der Waals surface area (Å²) < 4.78 is 0. The second kappa shape index (κ2) is 5.59. The molecule has 104 valence electrons. The largest absolute Gasteiger partial charge is 0.409 e. The Morgan fingerprint density at radius 1 is 1.44 bits per heavy atom. The van der Waals surface area contributed by atoms with E-state index in [9.17, 15) is 4.79 Å². The first-order valence-corrected chi connectivity index (χ1v) is 6.54. The van der Waals surface area contributed by atoms with Gasteiger partial charge in [0, 0.05) is 13.1 Å². The number of nitrogens with zero attached hydrogens (tertiary/aromatic N) is 2. The molecule has 1 unspecified atom stereocenters. The lowest BCUT2D eigenvalue weighted by atomic mass is 9.83. The summed E-state index contributed by atoms with van der Waals surface area (Å²) in [7, 11) is 0. The molecule has 0 spiro atoms. The van der Waals surface area contributed by atoms with Crippen LogP contribution in [0.3, 0.4) is 0 Å². The van der Waals surface area contributed by atoms with Crippen molar-refractivity contribution in [2.75, 3.05) is 13.1 Å². The number of hydrogen-bond acceptors (Lipinski definition) is 3. The Kier molecular flexibility index (Phi) is 4.59. The fraction of sp³-hybridized carbons (Fsp3) is 0.846. The zero-order valence-electron chi connectivity index (χ0n) is 11.8. The molecule has 0 saturated carbocycles. The summed E-state index contributed by atoms with van der Waals surface area (Å²) in [5.74, 6) is -0.506. The number of amides is 1. The number of nitrogens with two attached hydrogens (primary N) is 1. The maximum absolute atomic E-state index is 12.5. The van der Waals surface area contributed by atoms with Crippen LogP contribution in [0.4, 0.5) is 0 Å². The highest BCUT2D eigenvalue weighted by Crippen LogP contribution is 2.30. The van der Waals surface area contributed by atoms with Crippen LogP contribution in [0.5, 0.6) is 0 Å². The Morgan fingerprint density at radius 2 is 2.06 bits per heavy atom. The van der Waals surface area contributed by atoms with Crippen LogP contribution in [0.25, 0.3) is 0 Å². The van der Waals surface area contributed by atoms with Crippen molar-refractivity contribution in [2.24, 2.45) is 28.1 Å². The Balaban J connectivity index is 2.84. The van der Waals surface area contributed by atoms with E-state index in [4.69, 9.17) is 10.9 Å². The van der Waals surface area contributed by atoms with Crippen LogP contribution in [0, 0.1) is 17.3 Å². The number of hydrogen-bond donors (Lipinski definition) is 2. The number of likely N-dealkylation sites (tertiary alicyclic amines) is 1. The van der Waals surface area contributed by atoms with Crippen molar-refractivity contribution in [3.63, 3.8) is 0 Å². The fourth-order valence-electron chi connectivity index (χ4n) is 2.62. The van der Waals surface area contributed by atoms with E-state index in [0.29, 0.717) is 0 Å². The SMILES string of the molecule is CC(C)C(C(=O)N1CCCC(C)(C)C1)C(N)=NO. The van der Waals surface area contributed by atoms with E-state index in [0.717, 1.165) is 25.9 Å². The predicted molar refractivity (Wildman–Crippen MR) is 71.3 cm³/mol. The molecule has 0 aromatic heterocycles. The summed E-state index contributed by atoms with van der Waals surface area (Å²) in [4.78, 5) is 14.3. The third kappa shape index (κ3) is 3.37. The smallest absolute Gasteiger partial charge is 0.233 e. The zero-order valence-corrected chi connectivity index (χ0v) is 11.8. The number of oxime groups is 1. The Hall–Kier alpha value is -1.26. The van der Waals surface area contributed by atoms with Gasteiger partial charge in [0.2, 0.25) is 5.91 Å². The van der Waals surface area contributed by atoms with Gasteiger partial charge in [0.05, 0.1) is 0 Å². The van der Waals surface area contributed by atoms with E-state index in [-0.39, 0.29) is 23.1 Å². The molecule has 5 nitrogen and oxygen atoms in total. The monoisotopic (exact) mass is 255 g/mol. The minimum Gasteiger partial charge on any atom is -0.409 e. The van der Waals surface area contributed by atoms with Crippen LogP contribution in [-0.2, 0) is 4.79 Å². The molecule has 1 aliphatic rings. The van der Waals surface area contributed by atoms with Gasteiger partial charge in [-0.15, -0.1) is 0 Å². The second-order valence-electron chi connectivity index (χ2n) is 6.27. The van der Waals surface area contributed by atoms with Gasteiger partial charge in [0.1, 0.15) is 5.92 Å². The summed E-state index contributed by atoms with van der Waals surface area (Å²) in [5, 5.41) is 11.8. The first-order valence-electron chi connectivity index (χ1n) is 6.54. The number of carbonyl (C=O) groups is 1. The zero-order chi connectivity index (χ0) is 13.9. The molecule has 3 N–H and O–H groups in total. The number of carbonyl (C=O) groups excluding carboxylic acids is 1. The lowest BCUT2D eigenvalue weighted by molar-refractivity contribution is -0.137. The van der Waals surface area contributed by atoms with Gasteiger partial charge in [0.25, 0.3) is 0 Å². The van der Waals surface area contributed by atoms with Gasteiger partial charge in [-0.25, -0.2) is 0 Å². The summed E-state index contributed by atoms with van der Waals surface area (Å²) in [6, 6.07) is 0. The first kappa shape index (κ1) is 14.8. The summed E-state index contributed by atoms with van der Waals surface area (Å²) in [6.07, 6.45) is 2.15. The van der Waals surface area contributed by atoms with Crippen molar-refractivity contribution >= 4 is 11.7 Å². The molecule has 18 heavy (non-hydrogen) atoms. The van der Waals surface area contributed by atoms with Crippen molar-refractivity contribution < 1.29 is 10.0 Å². The lowest BCUT2D eigenvalue weighted by Crippen LogP contribution is -2.50. The van der Waals surface area contributed by atoms with Gasteiger partial charge >= 0.3 is 0 Å². The average Bonchev–Trinajstić information content (AvgIpc) is 2.27. The highest BCUT2D eigenvalue weighted by atomic mass is 16.4. The molecular weight excluding hydrogens is 230 g/mol. The molecule has 5 heteroatoms. The van der Waals surface area contributed by atoms with Crippen molar-refractivity contribution in [3.05, 3.63) is 0 Å². The minimum atomic E-state index is -0.524. The van der Waals surface area contributed by atoms with Gasteiger partial charge in [0.15, 0.2) is 5.84 Å². The maximum Gasteiger partial charge on any atom is 0.233 e. The van der Waals surface area contributed by atoms with Crippen LogP contribution in [-0.4, -0.2) is 34.9 Å². The average molecular weight is 255 g/mol.